The lowest BCUT2D eigenvalue weighted by molar-refractivity contribution is 0.0328. The molecular weight excluding hydrogens is 208 g/mol. The highest BCUT2D eigenvalue weighted by Crippen LogP contribution is 2.44. The molecule has 2 fully saturated rings. The molecule has 2 unspecified atom stereocenters. The SMILES string of the molecule is CCCCCN1CC(CC)NCC1(C)C1CC1. The molecule has 0 spiro atoms. The van der Waals surface area contributed by atoms with Gasteiger partial charge < -0.3 is 5.32 Å². The summed E-state index contributed by atoms with van der Waals surface area (Å²) in [6.45, 7) is 10.9. The maximum Gasteiger partial charge on any atom is 0.0334 e. The van der Waals surface area contributed by atoms with E-state index in [9.17, 15) is 0 Å². The Morgan fingerprint density at radius 3 is 2.59 bits per heavy atom. The van der Waals surface area contributed by atoms with Gasteiger partial charge in [0.25, 0.3) is 0 Å². The first-order valence-corrected chi connectivity index (χ1v) is 7.69. The lowest BCUT2D eigenvalue weighted by atomic mass is 9.88. The van der Waals surface area contributed by atoms with Crippen molar-refractivity contribution in [2.75, 3.05) is 19.6 Å². The molecule has 1 aliphatic carbocycles. The third kappa shape index (κ3) is 3.03. The zero-order chi connectivity index (χ0) is 12.3. The normalized spacial score (nSPS) is 35.1. The quantitative estimate of drug-likeness (QED) is 0.716. The summed E-state index contributed by atoms with van der Waals surface area (Å²) >= 11 is 0. The van der Waals surface area contributed by atoms with Crippen molar-refractivity contribution in [2.24, 2.45) is 5.92 Å². The van der Waals surface area contributed by atoms with Crippen LogP contribution in [0.1, 0.15) is 59.3 Å². The van der Waals surface area contributed by atoms with Crippen molar-refractivity contribution in [3.63, 3.8) is 0 Å². The van der Waals surface area contributed by atoms with Gasteiger partial charge >= 0.3 is 0 Å². The molecule has 1 saturated carbocycles. The molecule has 2 aliphatic rings. The number of hydrogen-bond acceptors (Lipinski definition) is 2. The minimum absolute atomic E-state index is 0.458. The number of hydrogen-bond donors (Lipinski definition) is 1. The molecule has 0 amide bonds. The molecule has 2 heteroatoms. The Morgan fingerprint density at radius 2 is 2.00 bits per heavy atom. The predicted molar refractivity (Wildman–Crippen MR) is 74.3 cm³/mol. The smallest absolute Gasteiger partial charge is 0.0334 e. The summed E-state index contributed by atoms with van der Waals surface area (Å²) in [6, 6.07) is 0.725. The van der Waals surface area contributed by atoms with Crippen LogP contribution in [0, 0.1) is 5.92 Å². The molecule has 0 aromatic carbocycles. The van der Waals surface area contributed by atoms with Crippen LogP contribution in [0.2, 0.25) is 0 Å². The molecule has 2 rings (SSSR count). The van der Waals surface area contributed by atoms with Gasteiger partial charge in [0.2, 0.25) is 0 Å². The average molecular weight is 238 g/mol. The van der Waals surface area contributed by atoms with Crippen molar-refractivity contribution in [1.82, 2.24) is 10.2 Å². The van der Waals surface area contributed by atoms with E-state index >= 15 is 0 Å². The Hall–Kier alpha value is -0.0800. The fourth-order valence-corrected chi connectivity index (χ4v) is 3.28. The minimum atomic E-state index is 0.458. The lowest BCUT2D eigenvalue weighted by Crippen LogP contribution is -2.64. The van der Waals surface area contributed by atoms with Crippen LogP contribution in [0.4, 0.5) is 0 Å². The molecule has 0 bridgehead atoms. The first-order valence-electron chi connectivity index (χ1n) is 7.69. The van der Waals surface area contributed by atoms with Gasteiger partial charge in [0.15, 0.2) is 0 Å². The molecule has 0 aromatic heterocycles. The van der Waals surface area contributed by atoms with Crippen molar-refractivity contribution >= 4 is 0 Å². The van der Waals surface area contributed by atoms with E-state index in [2.05, 4.69) is 31.0 Å². The van der Waals surface area contributed by atoms with E-state index in [0.717, 1.165) is 12.0 Å². The van der Waals surface area contributed by atoms with Gasteiger partial charge in [-0.15, -0.1) is 0 Å². The second-order valence-electron chi connectivity index (χ2n) is 6.27. The van der Waals surface area contributed by atoms with Gasteiger partial charge in [-0.3, -0.25) is 4.90 Å². The van der Waals surface area contributed by atoms with Crippen LogP contribution >= 0.6 is 0 Å². The van der Waals surface area contributed by atoms with Crippen LogP contribution in [0.25, 0.3) is 0 Å². The summed E-state index contributed by atoms with van der Waals surface area (Å²) in [6.07, 6.45) is 8.30. The van der Waals surface area contributed by atoms with Gasteiger partial charge in [0, 0.05) is 24.7 Å². The summed E-state index contributed by atoms with van der Waals surface area (Å²) in [5.41, 5.74) is 0.458. The van der Waals surface area contributed by atoms with Crippen LogP contribution < -0.4 is 5.32 Å². The molecule has 1 saturated heterocycles. The topological polar surface area (TPSA) is 15.3 Å². The van der Waals surface area contributed by atoms with Gasteiger partial charge in [-0.1, -0.05) is 26.7 Å². The van der Waals surface area contributed by atoms with Crippen LogP contribution in [-0.2, 0) is 0 Å². The summed E-state index contributed by atoms with van der Waals surface area (Å²) in [7, 11) is 0. The lowest BCUT2D eigenvalue weighted by Gasteiger charge is -2.49. The summed E-state index contributed by atoms with van der Waals surface area (Å²) in [5, 5.41) is 3.76. The highest BCUT2D eigenvalue weighted by Gasteiger charge is 2.47. The zero-order valence-corrected chi connectivity index (χ0v) is 12.0. The van der Waals surface area contributed by atoms with E-state index in [1.54, 1.807) is 0 Å². The van der Waals surface area contributed by atoms with Gasteiger partial charge in [-0.05, 0) is 45.1 Å². The molecule has 0 aromatic rings. The Morgan fingerprint density at radius 1 is 1.24 bits per heavy atom. The minimum Gasteiger partial charge on any atom is -0.311 e. The molecule has 1 heterocycles. The standard InChI is InChI=1S/C15H30N2/c1-4-6-7-10-17-11-14(5-2)16-12-15(17,3)13-8-9-13/h13-14,16H,4-12H2,1-3H3. The highest BCUT2D eigenvalue weighted by atomic mass is 15.3. The van der Waals surface area contributed by atoms with Crippen molar-refractivity contribution in [1.29, 1.82) is 0 Å². The van der Waals surface area contributed by atoms with Crippen molar-refractivity contribution < 1.29 is 0 Å². The van der Waals surface area contributed by atoms with Crippen molar-refractivity contribution in [3.8, 4) is 0 Å². The first kappa shape index (κ1) is 13.4. The number of nitrogens with one attached hydrogen (secondary N) is 1. The summed E-state index contributed by atoms with van der Waals surface area (Å²) in [4.78, 5) is 2.81. The number of rotatable bonds is 6. The highest BCUT2D eigenvalue weighted by molar-refractivity contribution is 5.04. The van der Waals surface area contributed by atoms with Gasteiger partial charge in [0.1, 0.15) is 0 Å². The fraction of sp³-hybridized carbons (Fsp3) is 1.00. The van der Waals surface area contributed by atoms with Crippen LogP contribution in [-0.4, -0.2) is 36.1 Å². The number of unbranched alkanes of at least 4 members (excludes halogenated alkanes) is 2. The van der Waals surface area contributed by atoms with Crippen molar-refractivity contribution in [2.45, 2.75) is 70.9 Å². The Kier molecular flexibility index (Phi) is 4.48. The predicted octanol–water partition coefficient (Wildman–Crippen LogP) is 3.03. The first-order chi connectivity index (χ1) is 8.20. The molecule has 0 radical (unpaired) electrons. The maximum absolute atomic E-state index is 3.76. The van der Waals surface area contributed by atoms with Gasteiger partial charge in [0.05, 0.1) is 0 Å². The molecule has 2 nitrogen and oxygen atoms in total. The largest absolute Gasteiger partial charge is 0.311 e. The van der Waals surface area contributed by atoms with E-state index in [1.165, 1.54) is 58.2 Å². The Balaban J connectivity index is 1.93. The van der Waals surface area contributed by atoms with E-state index in [0.29, 0.717) is 5.54 Å². The summed E-state index contributed by atoms with van der Waals surface area (Å²) < 4.78 is 0. The van der Waals surface area contributed by atoms with Crippen molar-refractivity contribution in [3.05, 3.63) is 0 Å². The maximum atomic E-state index is 3.76. The van der Waals surface area contributed by atoms with E-state index in [1.807, 2.05) is 0 Å². The van der Waals surface area contributed by atoms with Crippen LogP contribution in [0.15, 0.2) is 0 Å². The number of nitrogens with zero attached hydrogens (tertiary/aromatic N) is 1. The Bertz CT molecular complexity index is 237. The average Bonchev–Trinajstić information content (AvgIpc) is 3.16. The van der Waals surface area contributed by atoms with Gasteiger partial charge in [-0.2, -0.15) is 0 Å². The second kappa shape index (κ2) is 5.71. The van der Waals surface area contributed by atoms with E-state index in [-0.39, 0.29) is 0 Å². The fourth-order valence-electron chi connectivity index (χ4n) is 3.28. The van der Waals surface area contributed by atoms with Crippen LogP contribution in [0.3, 0.4) is 0 Å². The third-order valence-electron chi connectivity index (χ3n) is 4.89. The second-order valence-corrected chi connectivity index (χ2v) is 6.27. The van der Waals surface area contributed by atoms with Crippen LogP contribution in [0.5, 0.6) is 0 Å². The van der Waals surface area contributed by atoms with E-state index < -0.39 is 0 Å². The Labute approximate surface area is 107 Å². The number of piperazine rings is 1. The molecular formula is C15H30N2. The molecule has 17 heavy (non-hydrogen) atoms. The monoisotopic (exact) mass is 238 g/mol. The molecule has 2 atom stereocenters. The third-order valence-corrected chi connectivity index (χ3v) is 4.89. The van der Waals surface area contributed by atoms with Gasteiger partial charge in [-0.25, -0.2) is 0 Å². The zero-order valence-electron chi connectivity index (χ0n) is 12.0. The molecule has 1 aliphatic heterocycles. The molecule has 1 N–H and O–H groups in total. The summed E-state index contributed by atoms with van der Waals surface area (Å²) in [5.74, 6) is 0.967. The van der Waals surface area contributed by atoms with E-state index in [4.69, 9.17) is 0 Å². The molecule has 100 valence electrons.